The van der Waals surface area contributed by atoms with Crippen molar-refractivity contribution in [2.24, 2.45) is 0 Å². The summed E-state index contributed by atoms with van der Waals surface area (Å²) in [6, 6.07) is 0. The molecule has 0 aromatic heterocycles. The lowest BCUT2D eigenvalue weighted by atomic mass is 10.2. The second-order valence-electron chi connectivity index (χ2n) is 1.75. The molecule has 9 heavy (non-hydrogen) atoms. The standard InChI is InChI=1S/C6H10O.C2H6/c1-2-6-3-4-7-5-6;1-2/h2H,3-5H2,1H3;1-2H3/b6-2+;. The van der Waals surface area contributed by atoms with Crippen molar-refractivity contribution in [3.05, 3.63) is 11.6 Å². The molecule has 0 amide bonds. The molecule has 0 N–H and O–H groups in total. The third kappa shape index (κ3) is 3.31. The summed E-state index contributed by atoms with van der Waals surface area (Å²) < 4.78 is 5.08. The molecule has 0 unspecified atom stereocenters. The highest BCUT2D eigenvalue weighted by molar-refractivity contribution is 5.03. The van der Waals surface area contributed by atoms with Crippen molar-refractivity contribution in [3.8, 4) is 0 Å². The van der Waals surface area contributed by atoms with E-state index in [9.17, 15) is 0 Å². The molecule has 1 saturated heterocycles. The van der Waals surface area contributed by atoms with E-state index in [-0.39, 0.29) is 0 Å². The fourth-order valence-electron chi connectivity index (χ4n) is 0.706. The largest absolute Gasteiger partial charge is 0.377 e. The average Bonchev–Trinajstić information content (AvgIpc) is 2.43. The summed E-state index contributed by atoms with van der Waals surface area (Å²) in [6.07, 6.45) is 3.28. The van der Waals surface area contributed by atoms with E-state index < -0.39 is 0 Å². The molecule has 1 heterocycles. The Hall–Kier alpha value is -0.300. The number of allylic oxidation sites excluding steroid dienone is 1. The minimum atomic E-state index is 0.872. The highest BCUT2D eigenvalue weighted by Gasteiger charge is 2.02. The van der Waals surface area contributed by atoms with Gasteiger partial charge in [-0.25, -0.2) is 0 Å². The van der Waals surface area contributed by atoms with Gasteiger partial charge in [-0.3, -0.25) is 0 Å². The second-order valence-corrected chi connectivity index (χ2v) is 1.75. The van der Waals surface area contributed by atoms with Crippen LogP contribution < -0.4 is 0 Å². The monoisotopic (exact) mass is 128 g/mol. The van der Waals surface area contributed by atoms with Crippen LogP contribution in [0.5, 0.6) is 0 Å². The maximum atomic E-state index is 5.08. The van der Waals surface area contributed by atoms with Crippen molar-refractivity contribution in [3.63, 3.8) is 0 Å². The van der Waals surface area contributed by atoms with E-state index in [4.69, 9.17) is 4.74 Å². The molecule has 1 aliphatic rings. The fourth-order valence-corrected chi connectivity index (χ4v) is 0.706. The predicted molar refractivity (Wildman–Crippen MR) is 40.5 cm³/mol. The first-order valence-corrected chi connectivity index (χ1v) is 3.65. The van der Waals surface area contributed by atoms with Crippen molar-refractivity contribution in [2.75, 3.05) is 13.2 Å². The molecular formula is C8H16O. The molecular weight excluding hydrogens is 112 g/mol. The quantitative estimate of drug-likeness (QED) is 0.455. The molecule has 0 atom stereocenters. The molecule has 0 aromatic rings. The van der Waals surface area contributed by atoms with E-state index >= 15 is 0 Å². The summed E-state index contributed by atoms with van der Waals surface area (Å²) in [6.45, 7) is 7.86. The molecule has 54 valence electrons. The van der Waals surface area contributed by atoms with Gasteiger partial charge in [-0.05, 0) is 18.9 Å². The van der Waals surface area contributed by atoms with Crippen LogP contribution in [0.2, 0.25) is 0 Å². The zero-order chi connectivity index (χ0) is 7.11. The van der Waals surface area contributed by atoms with Gasteiger partial charge in [-0.1, -0.05) is 19.9 Å². The van der Waals surface area contributed by atoms with Crippen LogP contribution >= 0.6 is 0 Å². The molecule has 0 bridgehead atoms. The van der Waals surface area contributed by atoms with Crippen LogP contribution in [0.15, 0.2) is 11.6 Å². The minimum Gasteiger partial charge on any atom is -0.377 e. The van der Waals surface area contributed by atoms with Crippen LogP contribution in [0.1, 0.15) is 27.2 Å². The average molecular weight is 128 g/mol. The number of rotatable bonds is 0. The lowest BCUT2D eigenvalue weighted by molar-refractivity contribution is 0.204. The van der Waals surface area contributed by atoms with Gasteiger partial charge in [0.1, 0.15) is 0 Å². The van der Waals surface area contributed by atoms with Gasteiger partial charge in [0.2, 0.25) is 0 Å². The first-order chi connectivity index (χ1) is 4.43. The summed E-state index contributed by atoms with van der Waals surface area (Å²) in [4.78, 5) is 0. The van der Waals surface area contributed by atoms with Crippen LogP contribution in [-0.4, -0.2) is 13.2 Å². The Morgan fingerprint density at radius 2 is 2.11 bits per heavy atom. The van der Waals surface area contributed by atoms with E-state index in [2.05, 4.69) is 13.0 Å². The molecule has 0 radical (unpaired) electrons. The normalized spacial score (nSPS) is 21.4. The molecule has 0 saturated carbocycles. The molecule has 1 fully saturated rings. The van der Waals surface area contributed by atoms with Crippen molar-refractivity contribution in [2.45, 2.75) is 27.2 Å². The lowest BCUT2D eigenvalue weighted by Crippen LogP contribution is -1.78. The summed E-state index contributed by atoms with van der Waals surface area (Å²) >= 11 is 0. The van der Waals surface area contributed by atoms with Crippen LogP contribution in [-0.2, 0) is 4.74 Å². The van der Waals surface area contributed by atoms with Crippen LogP contribution in [0.4, 0.5) is 0 Å². The van der Waals surface area contributed by atoms with Crippen molar-refractivity contribution in [1.29, 1.82) is 0 Å². The first kappa shape index (κ1) is 8.70. The summed E-state index contributed by atoms with van der Waals surface area (Å²) in [5.74, 6) is 0. The molecule has 1 rings (SSSR count). The second kappa shape index (κ2) is 5.83. The number of hydrogen-bond donors (Lipinski definition) is 0. The first-order valence-electron chi connectivity index (χ1n) is 3.65. The molecule has 0 aliphatic carbocycles. The van der Waals surface area contributed by atoms with Crippen molar-refractivity contribution < 1.29 is 4.74 Å². The van der Waals surface area contributed by atoms with Gasteiger partial charge in [0, 0.05) is 0 Å². The number of ether oxygens (including phenoxy) is 1. The SMILES string of the molecule is C/C=C1\CCOC1.CC. The Labute approximate surface area is 57.7 Å². The van der Waals surface area contributed by atoms with Gasteiger partial charge >= 0.3 is 0 Å². The predicted octanol–water partition coefficient (Wildman–Crippen LogP) is 2.38. The van der Waals surface area contributed by atoms with E-state index in [1.54, 1.807) is 0 Å². The van der Waals surface area contributed by atoms with Gasteiger partial charge in [-0.15, -0.1) is 0 Å². The molecule has 1 nitrogen and oxygen atoms in total. The number of hydrogen-bond acceptors (Lipinski definition) is 1. The van der Waals surface area contributed by atoms with Crippen molar-refractivity contribution >= 4 is 0 Å². The van der Waals surface area contributed by atoms with Gasteiger partial charge in [0.25, 0.3) is 0 Å². The Balaban J connectivity index is 0.000000291. The van der Waals surface area contributed by atoms with Gasteiger partial charge in [-0.2, -0.15) is 0 Å². The zero-order valence-corrected chi connectivity index (χ0v) is 6.61. The van der Waals surface area contributed by atoms with Crippen LogP contribution in [0.3, 0.4) is 0 Å². The molecule has 0 aromatic carbocycles. The Morgan fingerprint density at radius 1 is 1.44 bits per heavy atom. The summed E-state index contributed by atoms with van der Waals surface area (Å²) in [5.41, 5.74) is 1.44. The van der Waals surface area contributed by atoms with Gasteiger partial charge in [0.05, 0.1) is 13.2 Å². The van der Waals surface area contributed by atoms with E-state index in [1.807, 2.05) is 13.8 Å². The minimum absolute atomic E-state index is 0.872. The van der Waals surface area contributed by atoms with Crippen molar-refractivity contribution in [1.82, 2.24) is 0 Å². The summed E-state index contributed by atoms with van der Waals surface area (Å²) in [7, 11) is 0. The maximum Gasteiger partial charge on any atom is 0.0677 e. The third-order valence-electron chi connectivity index (χ3n) is 1.26. The topological polar surface area (TPSA) is 9.23 Å². The highest BCUT2D eigenvalue weighted by Crippen LogP contribution is 2.08. The van der Waals surface area contributed by atoms with Crippen LogP contribution in [0, 0.1) is 0 Å². The van der Waals surface area contributed by atoms with E-state index in [0.717, 1.165) is 19.6 Å². The fraction of sp³-hybridized carbons (Fsp3) is 0.750. The van der Waals surface area contributed by atoms with E-state index in [1.165, 1.54) is 5.57 Å². The Kier molecular flexibility index (Phi) is 5.64. The Morgan fingerprint density at radius 3 is 2.33 bits per heavy atom. The third-order valence-corrected chi connectivity index (χ3v) is 1.26. The zero-order valence-electron chi connectivity index (χ0n) is 6.61. The molecule has 1 heteroatoms. The molecule has 0 spiro atoms. The maximum absolute atomic E-state index is 5.08. The highest BCUT2D eigenvalue weighted by atomic mass is 16.5. The van der Waals surface area contributed by atoms with E-state index in [0.29, 0.717) is 0 Å². The Bertz CT molecular complexity index is 76.6. The summed E-state index contributed by atoms with van der Waals surface area (Å²) in [5, 5.41) is 0. The van der Waals surface area contributed by atoms with Gasteiger partial charge in [0.15, 0.2) is 0 Å². The smallest absolute Gasteiger partial charge is 0.0677 e. The molecule has 1 aliphatic heterocycles. The van der Waals surface area contributed by atoms with Gasteiger partial charge < -0.3 is 4.74 Å². The van der Waals surface area contributed by atoms with Crippen LogP contribution in [0.25, 0.3) is 0 Å². The lowest BCUT2D eigenvalue weighted by Gasteiger charge is -1.83.